The number of rotatable bonds is 3. The standard InChI is InChI=1S/C19H24N4O3/c1-18(2,3)26-17(25)23-19(7-9-22-16(19)24)11-12-4-5-13-14(20)6-8-21-15(13)10-12/h4-6,8,10H,7,9,11H2,1-3H3,(H2,20,21)(H,22,24)(H,23,25)/t19-/m1/s1. The molecule has 1 aromatic heterocycles. The number of aromatic nitrogens is 1. The van der Waals surface area contributed by atoms with E-state index in [1.807, 2.05) is 18.2 Å². The van der Waals surface area contributed by atoms with Crippen molar-refractivity contribution in [1.29, 1.82) is 0 Å². The predicted molar refractivity (Wildman–Crippen MR) is 99.6 cm³/mol. The molecule has 2 amide bonds. The Bertz CT molecular complexity index is 859. The van der Waals surface area contributed by atoms with Gasteiger partial charge in [0.1, 0.15) is 11.1 Å². The van der Waals surface area contributed by atoms with Gasteiger partial charge in [-0.05, 0) is 44.9 Å². The number of hydrogen-bond acceptors (Lipinski definition) is 5. The summed E-state index contributed by atoms with van der Waals surface area (Å²) in [4.78, 5) is 29.1. The average molecular weight is 356 g/mol. The quantitative estimate of drug-likeness (QED) is 0.781. The van der Waals surface area contributed by atoms with Crippen LogP contribution in [-0.2, 0) is 16.0 Å². The highest BCUT2D eigenvalue weighted by atomic mass is 16.6. The summed E-state index contributed by atoms with van der Waals surface area (Å²) >= 11 is 0. The number of fused-ring (bicyclic) bond motifs is 1. The van der Waals surface area contributed by atoms with E-state index in [2.05, 4.69) is 15.6 Å². The first-order chi connectivity index (χ1) is 12.2. The fourth-order valence-electron chi connectivity index (χ4n) is 3.18. The molecule has 1 atom stereocenters. The molecule has 2 aromatic rings. The van der Waals surface area contributed by atoms with Gasteiger partial charge in [0.05, 0.1) is 5.52 Å². The molecule has 2 heterocycles. The van der Waals surface area contributed by atoms with Gasteiger partial charge in [-0.15, -0.1) is 0 Å². The van der Waals surface area contributed by atoms with Crippen LogP contribution in [0.25, 0.3) is 10.9 Å². The molecule has 0 spiro atoms. The number of pyridine rings is 1. The van der Waals surface area contributed by atoms with Crippen molar-refractivity contribution in [3.05, 3.63) is 36.0 Å². The van der Waals surface area contributed by atoms with Gasteiger partial charge in [0, 0.05) is 30.2 Å². The molecular weight excluding hydrogens is 332 g/mol. The van der Waals surface area contributed by atoms with E-state index in [1.165, 1.54) is 0 Å². The number of nitrogen functional groups attached to an aromatic ring is 1. The van der Waals surface area contributed by atoms with Crippen LogP contribution < -0.4 is 16.4 Å². The topological polar surface area (TPSA) is 106 Å². The number of nitrogens with two attached hydrogens (primary N) is 1. The van der Waals surface area contributed by atoms with Gasteiger partial charge in [0.25, 0.3) is 0 Å². The van der Waals surface area contributed by atoms with Crippen LogP contribution in [0.1, 0.15) is 32.8 Å². The van der Waals surface area contributed by atoms with Crippen LogP contribution in [0.4, 0.5) is 10.5 Å². The Hall–Kier alpha value is -2.83. The Morgan fingerprint density at radius 1 is 1.38 bits per heavy atom. The second-order valence-electron chi connectivity index (χ2n) is 7.64. The summed E-state index contributed by atoms with van der Waals surface area (Å²) in [6, 6.07) is 7.44. The number of amides is 2. The van der Waals surface area contributed by atoms with Gasteiger partial charge in [-0.3, -0.25) is 9.78 Å². The van der Waals surface area contributed by atoms with Crippen molar-refractivity contribution in [1.82, 2.24) is 15.6 Å². The molecule has 0 bridgehead atoms. The minimum Gasteiger partial charge on any atom is -0.444 e. The SMILES string of the molecule is CC(C)(C)OC(=O)N[C@@]1(Cc2ccc3c(N)ccnc3c2)CCNC1=O. The molecule has 7 heteroatoms. The van der Waals surface area contributed by atoms with Gasteiger partial charge in [-0.1, -0.05) is 12.1 Å². The second kappa shape index (κ2) is 6.48. The van der Waals surface area contributed by atoms with Gasteiger partial charge >= 0.3 is 6.09 Å². The fourth-order valence-corrected chi connectivity index (χ4v) is 3.18. The highest BCUT2D eigenvalue weighted by Crippen LogP contribution is 2.26. The number of ether oxygens (including phenoxy) is 1. The molecule has 7 nitrogen and oxygen atoms in total. The summed E-state index contributed by atoms with van der Waals surface area (Å²) in [5.41, 5.74) is 6.60. The second-order valence-corrected chi connectivity index (χ2v) is 7.64. The molecular formula is C19H24N4O3. The number of hydrogen-bond donors (Lipinski definition) is 3. The number of carbonyl (C=O) groups is 2. The molecule has 0 unspecified atom stereocenters. The molecule has 1 aliphatic heterocycles. The van der Waals surface area contributed by atoms with E-state index in [0.29, 0.717) is 25.1 Å². The highest BCUT2D eigenvalue weighted by molar-refractivity contribution is 5.93. The third-order valence-electron chi connectivity index (χ3n) is 4.36. The molecule has 4 N–H and O–H groups in total. The van der Waals surface area contributed by atoms with E-state index < -0.39 is 17.2 Å². The maximum absolute atomic E-state index is 12.5. The van der Waals surface area contributed by atoms with Crippen LogP contribution in [0.2, 0.25) is 0 Å². The molecule has 138 valence electrons. The average Bonchev–Trinajstić information content (AvgIpc) is 2.86. The molecule has 1 saturated heterocycles. The number of nitrogens with one attached hydrogen (secondary N) is 2. The summed E-state index contributed by atoms with van der Waals surface area (Å²) in [6.45, 7) is 5.86. The Morgan fingerprint density at radius 3 is 2.81 bits per heavy atom. The monoisotopic (exact) mass is 356 g/mol. The molecule has 3 rings (SSSR count). The molecule has 1 aromatic carbocycles. The normalized spacial score (nSPS) is 20.0. The number of nitrogens with zero attached hydrogens (tertiary/aromatic N) is 1. The van der Waals surface area contributed by atoms with Crippen LogP contribution in [-0.4, -0.2) is 34.7 Å². The van der Waals surface area contributed by atoms with Gasteiger partial charge in [-0.2, -0.15) is 0 Å². The zero-order valence-electron chi connectivity index (χ0n) is 15.3. The van der Waals surface area contributed by atoms with E-state index in [0.717, 1.165) is 16.5 Å². The molecule has 0 aliphatic carbocycles. The first-order valence-corrected chi connectivity index (χ1v) is 8.61. The minimum atomic E-state index is -1.03. The van der Waals surface area contributed by atoms with Crippen molar-refractivity contribution >= 4 is 28.6 Å². The lowest BCUT2D eigenvalue weighted by Gasteiger charge is -2.29. The zero-order valence-corrected chi connectivity index (χ0v) is 15.3. The number of benzene rings is 1. The molecule has 1 aliphatic rings. The lowest BCUT2D eigenvalue weighted by molar-refractivity contribution is -0.124. The summed E-state index contributed by atoms with van der Waals surface area (Å²) in [5.74, 6) is -0.205. The van der Waals surface area contributed by atoms with Crippen LogP contribution in [0.15, 0.2) is 30.5 Å². The Morgan fingerprint density at radius 2 is 2.15 bits per heavy atom. The minimum absolute atomic E-state index is 0.205. The van der Waals surface area contributed by atoms with E-state index in [4.69, 9.17) is 10.5 Å². The molecule has 1 fully saturated rings. The van der Waals surface area contributed by atoms with Crippen molar-refractivity contribution in [2.45, 2.75) is 44.8 Å². The first kappa shape index (κ1) is 18.0. The molecule has 0 saturated carbocycles. The van der Waals surface area contributed by atoms with Crippen molar-refractivity contribution in [3.63, 3.8) is 0 Å². The summed E-state index contributed by atoms with van der Waals surface area (Å²) < 4.78 is 5.34. The smallest absolute Gasteiger partial charge is 0.408 e. The Labute approximate surface area is 152 Å². The van der Waals surface area contributed by atoms with E-state index in [9.17, 15) is 9.59 Å². The van der Waals surface area contributed by atoms with Crippen molar-refractivity contribution in [3.8, 4) is 0 Å². The van der Waals surface area contributed by atoms with Crippen LogP contribution in [0.3, 0.4) is 0 Å². The maximum atomic E-state index is 12.5. The maximum Gasteiger partial charge on any atom is 0.408 e. The van der Waals surface area contributed by atoms with Crippen molar-refractivity contribution in [2.24, 2.45) is 0 Å². The predicted octanol–water partition coefficient (Wildman–Crippen LogP) is 2.14. The van der Waals surface area contributed by atoms with Crippen LogP contribution >= 0.6 is 0 Å². The summed E-state index contributed by atoms with van der Waals surface area (Å²) in [7, 11) is 0. The third kappa shape index (κ3) is 3.71. The largest absolute Gasteiger partial charge is 0.444 e. The molecule has 26 heavy (non-hydrogen) atoms. The van der Waals surface area contributed by atoms with E-state index in [-0.39, 0.29) is 5.91 Å². The van der Waals surface area contributed by atoms with Gasteiger partial charge < -0.3 is 21.1 Å². The fraction of sp³-hybridized carbons (Fsp3) is 0.421. The summed E-state index contributed by atoms with van der Waals surface area (Å²) in [5, 5.41) is 6.45. The van der Waals surface area contributed by atoms with E-state index in [1.54, 1.807) is 33.0 Å². The lowest BCUT2D eigenvalue weighted by atomic mass is 9.89. The van der Waals surface area contributed by atoms with E-state index >= 15 is 0 Å². The Balaban J connectivity index is 1.87. The third-order valence-corrected chi connectivity index (χ3v) is 4.36. The van der Waals surface area contributed by atoms with Crippen LogP contribution in [0.5, 0.6) is 0 Å². The van der Waals surface area contributed by atoms with Crippen LogP contribution in [0, 0.1) is 0 Å². The zero-order chi connectivity index (χ0) is 18.9. The van der Waals surface area contributed by atoms with Gasteiger partial charge in [-0.25, -0.2) is 4.79 Å². The highest BCUT2D eigenvalue weighted by Gasteiger charge is 2.44. The first-order valence-electron chi connectivity index (χ1n) is 8.61. The van der Waals surface area contributed by atoms with Crippen molar-refractivity contribution < 1.29 is 14.3 Å². The van der Waals surface area contributed by atoms with Crippen molar-refractivity contribution in [2.75, 3.05) is 12.3 Å². The van der Waals surface area contributed by atoms with Gasteiger partial charge in [0.15, 0.2) is 0 Å². The number of alkyl carbamates (subject to hydrolysis) is 1. The lowest BCUT2D eigenvalue weighted by Crippen LogP contribution is -2.56. The number of carbonyl (C=O) groups excluding carboxylic acids is 2. The molecule has 0 radical (unpaired) electrons. The van der Waals surface area contributed by atoms with Gasteiger partial charge in [0.2, 0.25) is 5.91 Å². The summed E-state index contributed by atoms with van der Waals surface area (Å²) in [6.07, 6.45) is 1.90. The number of anilines is 1. The Kier molecular flexibility index (Phi) is 4.48.